The lowest BCUT2D eigenvalue weighted by molar-refractivity contribution is -0.0612. The molecule has 8 heteroatoms. The van der Waals surface area contributed by atoms with E-state index in [1.54, 1.807) is 5.38 Å². The molecule has 1 fully saturated rings. The van der Waals surface area contributed by atoms with Gasteiger partial charge in [0.15, 0.2) is 0 Å². The Hall–Kier alpha value is -1.22. The summed E-state index contributed by atoms with van der Waals surface area (Å²) in [6.45, 7) is 1.18. The second kappa shape index (κ2) is 6.80. The molecule has 2 atom stereocenters. The van der Waals surface area contributed by atoms with Gasteiger partial charge in [-0.1, -0.05) is 0 Å². The average molecular weight is 287 g/mol. The number of nitrogens with zero attached hydrogens (tertiary/aromatic N) is 1. The largest absolute Gasteiger partial charge is 0.394 e. The number of anilines is 1. The van der Waals surface area contributed by atoms with Crippen LogP contribution in [0.2, 0.25) is 0 Å². The van der Waals surface area contributed by atoms with Crippen molar-refractivity contribution in [3.05, 3.63) is 10.9 Å². The van der Waals surface area contributed by atoms with E-state index in [2.05, 4.69) is 9.69 Å². The summed E-state index contributed by atoms with van der Waals surface area (Å²) >= 11 is 1.14. The highest BCUT2D eigenvalue weighted by atomic mass is 32.1. The lowest BCUT2D eigenvalue weighted by atomic mass is 10.1. The molecule has 106 valence electrons. The summed E-state index contributed by atoms with van der Waals surface area (Å²) in [5.41, 5.74) is 5.98. The number of aromatic nitrogens is 1. The second-order valence-electron chi connectivity index (χ2n) is 4.19. The highest BCUT2D eigenvalue weighted by Crippen LogP contribution is 2.15. The summed E-state index contributed by atoms with van der Waals surface area (Å²) in [5.74, 6) is -0.0496. The van der Waals surface area contributed by atoms with Gasteiger partial charge in [0.1, 0.15) is 5.82 Å². The van der Waals surface area contributed by atoms with Crippen LogP contribution in [0, 0.1) is 0 Å². The van der Waals surface area contributed by atoms with Gasteiger partial charge in [-0.2, -0.15) is 4.37 Å². The van der Waals surface area contributed by atoms with E-state index in [0.29, 0.717) is 25.2 Å². The minimum absolute atomic E-state index is 0.0422. The summed E-state index contributed by atoms with van der Waals surface area (Å²) in [5, 5.41) is 13.2. The van der Waals surface area contributed by atoms with Gasteiger partial charge in [0, 0.05) is 12.0 Å². The first-order valence-electron chi connectivity index (χ1n) is 6.03. The lowest BCUT2D eigenvalue weighted by Gasteiger charge is -2.31. The number of carbonyl (C=O) groups is 1. The standard InChI is InChI=1S/C11H17N3O4S/c12-10-7(6-19-14-10)11(16)13-8-5-17-3-1-9(8)18-4-2-15/h6,8-9,15H,1-5H2,(H2,12,14)(H,13,16)/t8-,9+/m1/s1. The van der Waals surface area contributed by atoms with Crippen molar-refractivity contribution in [2.24, 2.45) is 0 Å². The van der Waals surface area contributed by atoms with E-state index in [9.17, 15) is 4.79 Å². The third-order valence-electron chi connectivity index (χ3n) is 2.87. The third kappa shape index (κ3) is 3.63. The van der Waals surface area contributed by atoms with Crippen LogP contribution in [0.4, 0.5) is 5.82 Å². The number of hydrogen-bond donors (Lipinski definition) is 3. The van der Waals surface area contributed by atoms with Crippen LogP contribution in [-0.2, 0) is 9.47 Å². The van der Waals surface area contributed by atoms with Crippen LogP contribution >= 0.6 is 11.5 Å². The van der Waals surface area contributed by atoms with Crippen LogP contribution < -0.4 is 11.1 Å². The molecule has 0 saturated carbocycles. The first-order valence-corrected chi connectivity index (χ1v) is 6.87. The van der Waals surface area contributed by atoms with Crippen LogP contribution in [0.3, 0.4) is 0 Å². The van der Waals surface area contributed by atoms with Gasteiger partial charge in [-0.15, -0.1) is 0 Å². The third-order valence-corrected chi connectivity index (χ3v) is 3.52. The fraction of sp³-hybridized carbons (Fsp3) is 0.636. The Morgan fingerprint density at radius 2 is 2.58 bits per heavy atom. The molecule has 0 bridgehead atoms. The van der Waals surface area contributed by atoms with Crippen molar-refractivity contribution in [1.82, 2.24) is 9.69 Å². The minimum atomic E-state index is -0.278. The number of nitrogen functional groups attached to an aromatic ring is 1. The summed E-state index contributed by atoms with van der Waals surface area (Å²) in [6.07, 6.45) is 0.528. The molecule has 1 aliphatic heterocycles. The highest BCUT2D eigenvalue weighted by Gasteiger charge is 2.28. The van der Waals surface area contributed by atoms with E-state index in [4.69, 9.17) is 20.3 Å². The first-order chi connectivity index (χ1) is 9.22. The molecule has 1 aliphatic rings. The van der Waals surface area contributed by atoms with Crippen LogP contribution in [-0.4, -0.2) is 54.0 Å². The van der Waals surface area contributed by atoms with Crippen LogP contribution in [0.25, 0.3) is 0 Å². The van der Waals surface area contributed by atoms with E-state index in [1.807, 2.05) is 0 Å². The summed E-state index contributed by atoms with van der Waals surface area (Å²) in [6, 6.07) is -0.243. The number of nitrogens with one attached hydrogen (secondary N) is 1. The summed E-state index contributed by atoms with van der Waals surface area (Å²) in [7, 11) is 0. The van der Waals surface area contributed by atoms with E-state index >= 15 is 0 Å². The molecule has 1 aromatic heterocycles. The van der Waals surface area contributed by atoms with Gasteiger partial charge < -0.3 is 25.6 Å². The molecule has 1 aromatic rings. The molecule has 0 aliphatic carbocycles. The van der Waals surface area contributed by atoms with E-state index in [0.717, 1.165) is 11.5 Å². The van der Waals surface area contributed by atoms with Crippen molar-refractivity contribution in [1.29, 1.82) is 0 Å². The van der Waals surface area contributed by atoms with Crippen molar-refractivity contribution in [2.75, 3.05) is 32.2 Å². The van der Waals surface area contributed by atoms with Gasteiger partial charge in [0.25, 0.3) is 5.91 Å². The molecule has 0 aromatic carbocycles. The predicted octanol–water partition coefficient (Wildman–Crippen LogP) is -0.379. The zero-order chi connectivity index (χ0) is 13.7. The van der Waals surface area contributed by atoms with Gasteiger partial charge >= 0.3 is 0 Å². The summed E-state index contributed by atoms with van der Waals surface area (Å²) in [4.78, 5) is 12.0. The molecule has 1 amide bonds. The number of rotatable bonds is 5. The predicted molar refractivity (Wildman–Crippen MR) is 70.0 cm³/mol. The zero-order valence-corrected chi connectivity index (χ0v) is 11.2. The van der Waals surface area contributed by atoms with Crippen LogP contribution in [0.1, 0.15) is 16.8 Å². The number of ether oxygens (including phenoxy) is 2. The SMILES string of the molecule is Nc1nscc1C(=O)N[C@@H]1COCC[C@@H]1OCCO. The van der Waals surface area contributed by atoms with E-state index in [-0.39, 0.29) is 37.1 Å². The van der Waals surface area contributed by atoms with Crippen molar-refractivity contribution in [3.8, 4) is 0 Å². The first kappa shape index (κ1) is 14.2. The smallest absolute Gasteiger partial charge is 0.256 e. The maximum Gasteiger partial charge on any atom is 0.256 e. The maximum atomic E-state index is 12.0. The molecule has 2 heterocycles. The van der Waals surface area contributed by atoms with E-state index < -0.39 is 0 Å². The molecule has 0 spiro atoms. The maximum absolute atomic E-state index is 12.0. The average Bonchev–Trinajstić information content (AvgIpc) is 2.84. The molecule has 2 rings (SSSR count). The Labute approximate surface area is 114 Å². The fourth-order valence-corrected chi connectivity index (χ4v) is 2.52. The Morgan fingerprint density at radius 1 is 1.74 bits per heavy atom. The number of aliphatic hydroxyl groups excluding tert-OH is 1. The Balaban J connectivity index is 1.95. The van der Waals surface area contributed by atoms with Gasteiger partial charge in [-0.05, 0) is 18.0 Å². The number of aliphatic hydroxyl groups is 1. The van der Waals surface area contributed by atoms with Crippen molar-refractivity contribution in [3.63, 3.8) is 0 Å². The minimum Gasteiger partial charge on any atom is -0.394 e. The molecule has 0 radical (unpaired) electrons. The van der Waals surface area contributed by atoms with Gasteiger partial charge in [-0.25, -0.2) is 0 Å². The van der Waals surface area contributed by atoms with Crippen molar-refractivity contribution in [2.45, 2.75) is 18.6 Å². The van der Waals surface area contributed by atoms with Gasteiger partial charge in [-0.3, -0.25) is 4.79 Å². The Kier molecular flexibility index (Phi) is 5.08. The number of carbonyl (C=O) groups excluding carboxylic acids is 1. The molecule has 1 saturated heterocycles. The molecule has 4 N–H and O–H groups in total. The zero-order valence-electron chi connectivity index (χ0n) is 10.4. The second-order valence-corrected chi connectivity index (χ2v) is 4.82. The molecular weight excluding hydrogens is 270 g/mol. The Morgan fingerprint density at radius 3 is 3.26 bits per heavy atom. The summed E-state index contributed by atoms with van der Waals surface area (Å²) < 4.78 is 14.7. The molecule has 19 heavy (non-hydrogen) atoms. The molecular formula is C11H17N3O4S. The topological polar surface area (TPSA) is 107 Å². The monoisotopic (exact) mass is 287 g/mol. The van der Waals surface area contributed by atoms with Gasteiger partial charge in [0.05, 0.1) is 37.5 Å². The van der Waals surface area contributed by atoms with Crippen molar-refractivity contribution >= 4 is 23.3 Å². The quantitative estimate of drug-likeness (QED) is 0.681. The Bertz CT molecular complexity index is 426. The number of amides is 1. The molecule has 0 unspecified atom stereocenters. The van der Waals surface area contributed by atoms with Crippen LogP contribution in [0.5, 0.6) is 0 Å². The number of nitrogens with two attached hydrogens (primary N) is 1. The fourth-order valence-electron chi connectivity index (χ4n) is 1.92. The van der Waals surface area contributed by atoms with Gasteiger partial charge in [0.2, 0.25) is 0 Å². The molecule has 7 nitrogen and oxygen atoms in total. The van der Waals surface area contributed by atoms with Crippen molar-refractivity contribution < 1.29 is 19.4 Å². The van der Waals surface area contributed by atoms with E-state index in [1.165, 1.54) is 0 Å². The normalized spacial score (nSPS) is 23.2. The highest BCUT2D eigenvalue weighted by molar-refractivity contribution is 7.04. The lowest BCUT2D eigenvalue weighted by Crippen LogP contribution is -2.50. The van der Waals surface area contributed by atoms with Crippen LogP contribution in [0.15, 0.2) is 5.38 Å². The number of hydrogen-bond acceptors (Lipinski definition) is 7.